The highest BCUT2D eigenvalue weighted by molar-refractivity contribution is 5.78. The molecule has 4 rings (SSSR count). The number of carbonyl (C=O) groups is 1. The van der Waals surface area contributed by atoms with Crippen LogP contribution in [0.15, 0.2) is 48.8 Å². The largest absolute Gasteiger partial charge is 0.484 e. The monoisotopic (exact) mass is 381 g/mol. The number of nitrogen functional groups attached to an aromatic ring is 1. The van der Waals surface area contributed by atoms with Gasteiger partial charge in [-0.2, -0.15) is 5.10 Å². The smallest absolute Gasteiger partial charge is 0.260 e. The molecule has 1 amide bonds. The molecule has 0 spiro atoms. The van der Waals surface area contributed by atoms with Gasteiger partial charge in [0.1, 0.15) is 17.4 Å². The summed E-state index contributed by atoms with van der Waals surface area (Å²) in [5.41, 5.74) is 8.69. The molecule has 0 aliphatic carbocycles. The number of anilines is 1. The van der Waals surface area contributed by atoms with Gasteiger partial charge in [-0.25, -0.2) is 9.37 Å². The van der Waals surface area contributed by atoms with Crippen molar-refractivity contribution in [3.05, 3.63) is 60.3 Å². The van der Waals surface area contributed by atoms with E-state index in [9.17, 15) is 9.18 Å². The van der Waals surface area contributed by atoms with Gasteiger partial charge in [-0.15, -0.1) is 0 Å². The molecule has 0 bridgehead atoms. The van der Waals surface area contributed by atoms with Crippen LogP contribution in [0.2, 0.25) is 0 Å². The first-order valence-corrected chi connectivity index (χ1v) is 9.01. The molecule has 1 aromatic carbocycles. The Morgan fingerprint density at radius 2 is 2.14 bits per heavy atom. The molecular weight excluding hydrogens is 361 g/mol. The number of ether oxygens (including phenoxy) is 1. The van der Waals surface area contributed by atoms with Crippen molar-refractivity contribution in [2.24, 2.45) is 0 Å². The first kappa shape index (κ1) is 18.0. The van der Waals surface area contributed by atoms with Gasteiger partial charge in [-0.1, -0.05) is 0 Å². The molecule has 28 heavy (non-hydrogen) atoms. The maximum atomic E-state index is 12.9. The van der Waals surface area contributed by atoms with Crippen LogP contribution in [-0.2, 0) is 4.79 Å². The normalized spacial score (nSPS) is 16.3. The average Bonchev–Trinajstić information content (AvgIpc) is 3.36. The first-order valence-electron chi connectivity index (χ1n) is 9.01. The molecule has 1 aliphatic heterocycles. The molecule has 1 unspecified atom stereocenters. The van der Waals surface area contributed by atoms with Crippen molar-refractivity contribution in [1.29, 1.82) is 0 Å². The molecule has 3 aromatic rings. The molecule has 3 heterocycles. The highest BCUT2D eigenvalue weighted by atomic mass is 19.1. The minimum Gasteiger partial charge on any atom is -0.484 e. The van der Waals surface area contributed by atoms with Gasteiger partial charge in [0, 0.05) is 36.5 Å². The summed E-state index contributed by atoms with van der Waals surface area (Å²) in [7, 11) is 0. The number of pyridine rings is 1. The molecule has 2 aromatic heterocycles. The van der Waals surface area contributed by atoms with E-state index in [1.165, 1.54) is 24.3 Å². The molecule has 7 nitrogen and oxygen atoms in total. The van der Waals surface area contributed by atoms with E-state index in [4.69, 9.17) is 10.5 Å². The minimum atomic E-state index is -0.340. The van der Waals surface area contributed by atoms with Crippen LogP contribution in [-0.4, -0.2) is 45.7 Å². The lowest BCUT2D eigenvalue weighted by atomic mass is 9.97. The summed E-state index contributed by atoms with van der Waals surface area (Å²) in [6, 6.07) is 9.32. The van der Waals surface area contributed by atoms with Crippen molar-refractivity contribution in [2.75, 3.05) is 25.4 Å². The number of benzene rings is 1. The summed E-state index contributed by atoms with van der Waals surface area (Å²) in [6.45, 7) is 1.16. The topological polar surface area (TPSA) is 97.1 Å². The number of carbonyl (C=O) groups excluding carboxylic acids is 1. The van der Waals surface area contributed by atoms with E-state index in [0.29, 0.717) is 24.7 Å². The van der Waals surface area contributed by atoms with Crippen molar-refractivity contribution in [3.8, 4) is 16.9 Å². The summed E-state index contributed by atoms with van der Waals surface area (Å²) < 4.78 is 18.4. The van der Waals surface area contributed by atoms with E-state index < -0.39 is 0 Å². The van der Waals surface area contributed by atoms with Crippen molar-refractivity contribution in [2.45, 2.75) is 12.3 Å². The quantitative estimate of drug-likeness (QED) is 0.708. The number of hydrogen-bond donors (Lipinski definition) is 2. The highest BCUT2D eigenvalue weighted by Gasteiger charge is 2.30. The van der Waals surface area contributed by atoms with Crippen molar-refractivity contribution in [3.63, 3.8) is 0 Å². The van der Waals surface area contributed by atoms with E-state index in [1.807, 2.05) is 12.1 Å². The van der Waals surface area contributed by atoms with Crippen LogP contribution < -0.4 is 10.5 Å². The second-order valence-corrected chi connectivity index (χ2v) is 6.73. The van der Waals surface area contributed by atoms with Crippen LogP contribution >= 0.6 is 0 Å². The molecular formula is C20H20FN5O2. The summed E-state index contributed by atoms with van der Waals surface area (Å²) >= 11 is 0. The zero-order valence-electron chi connectivity index (χ0n) is 15.1. The van der Waals surface area contributed by atoms with Gasteiger partial charge in [0.25, 0.3) is 5.91 Å². The third kappa shape index (κ3) is 3.80. The van der Waals surface area contributed by atoms with Crippen LogP contribution in [0.4, 0.5) is 10.2 Å². The fourth-order valence-electron chi connectivity index (χ4n) is 3.44. The van der Waals surface area contributed by atoms with Crippen LogP contribution in [0.5, 0.6) is 5.75 Å². The van der Waals surface area contributed by atoms with Gasteiger partial charge in [-0.05, 0) is 48.4 Å². The summed E-state index contributed by atoms with van der Waals surface area (Å²) in [5.74, 6) is 0.637. The number of halogens is 1. The second kappa shape index (κ2) is 7.67. The number of likely N-dealkylation sites (tertiary alicyclic amines) is 1. The maximum absolute atomic E-state index is 12.9. The van der Waals surface area contributed by atoms with E-state index in [2.05, 4.69) is 15.2 Å². The van der Waals surface area contributed by atoms with Gasteiger partial charge < -0.3 is 15.4 Å². The Kier molecular flexibility index (Phi) is 4.92. The van der Waals surface area contributed by atoms with Crippen LogP contribution in [0.25, 0.3) is 11.1 Å². The summed E-state index contributed by atoms with van der Waals surface area (Å²) in [4.78, 5) is 18.3. The Balaban J connectivity index is 1.40. The number of aromatic nitrogens is 3. The minimum absolute atomic E-state index is 0.0743. The highest BCUT2D eigenvalue weighted by Crippen LogP contribution is 2.33. The van der Waals surface area contributed by atoms with Crippen LogP contribution in [0.1, 0.15) is 18.0 Å². The number of hydrogen-bond acceptors (Lipinski definition) is 5. The Morgan fingerprint density at radius 1 is 1.32 bits per heavy atom. The van der Waals surface area contributed by atoms with Crippen molar-refractivity contribution < 1.29 is 13.9 Å². The van der Waals surface area contributed by atoms with Gasteiger partial charge in [0.15, 0.2) is 6.61 Å². The van der Waals surface area contributed by atoms with Crippen molar-refractivity contribution in [1.82, 2.24) is 20.1 Å². The SMILES string of the molecule is Nc1cc(-c2cn[nH]c2C2CCN(C(=O)COc3ccc(F)cc3)C2)ccn1. The number of amides is 1. The number of nitrogens with two attached hydrogens (primary N) is 1. The molecule has 0 saturated carbocycles. The number of nitrogens with one attached hydrogen (secondary N) is 1. The molecule has 1 aliphatic rings. The standard InChI is InChI=1S/C20H20FN5O2/c21-15-1-3-16(4-2-15)28-12-19(27)26-8-6-14(11-26)20-17(10-24-25-20)13-5-7-23-18(22)9-13/h1-5,7,9-10,14H,6,8,11-12H2,(H2,22,23)(H,24,25). The van der Waals surface area contributed by atoms with Gasteiger partial charge in [-0.3, -0.25) is 9.89 Å². The van der Waals surface area contributed by atoms with E-state index in [0.717, 1.165) is 23.2 Å². The predicted molar refractivity (Wildman–Crippen MR) is 102 cm³/mol. The second-order valence-electron chi connectivity index (χ2n) is 6.73. The number of aromatic amines is 1. The number of rotatable bonds is 5. The van der Waals surface area contributed by atoms with Crippen molar-refractivity contribution >= 4 is 11.7 Å². The lowest BCUT2D eigenvalue weighted by molar-refractivity contribution is -0.132. The zero-order valence-corrected chi connectivity index (χ0v) is 15.1. The fraction of sp³-hybridized carbons (Fsp3) is 0.250. The molecule has 3 N–H and O–H groups in total. The fourth-order valence-corrected chi connectivity index (χ4v) is 3.44. The Hall–Kier alpha value is -3.42. The van der Waals surface area contributed by atoms with E-state index in [-0.39, 0.29) is 24.2 Å². The van der Waals surface area contributed by atoms with Gasteiger partial charge >= 0.3 is 0 Å². The first-order chi connectivity index (χ1) is 13.6. The average molecular weight is 381 g/mol. The van der Waals surface area contributed by atoms with E-state index >= 15 is 0 Å². The lowest BCUT2D eigenvalue weighted by Crippen LogP contribution is -2.32. The zero-order chi connectivity index (χ0) is 19.5. The number of H-pyrrole nitrogens is 1. The summed E-state index contributed by atoms with van der Waals surface area (Å²) in [6.07, 6.45) is 4.27. The predicted octanol–water partition coefficient (Wildman–Crippen LogP) is 2.59. The summed E-state index contributed by atoms with van der Waals surface area (Å²) in [5, 5.41) is 7.25. The van der Waals surface area contributed by atoms with Crippen LogP contribution in [0.3, 0.4) is 0 Å². The molecule has 8 heteroatoms. The molecule has 0 radical (unpaired) electrons. The molecule has 144 valence electrons. The third-order valence-electron chi connectivity index (χ3n) is 4.89. The van der Waals surface area contributed by atoms with E-state index in [1.54, 1.807) is 17.3 Å². The molecule has 1 atom stereocenters. The lowest BCUT2D eigenvalue weighted by Gasteiger charge is -2.17. The Morgan fingerprint density at radius 3 is 2.93 bits per heavy atom. The maximum Gasteiger partial charge on any atom is 0.260 e. The van der Waals surface area contributed by atoms with Crippen LogP contribution in [0, 0.1) is 5.82 Å². The Bertz CT molecular complexity index is 973. The molecule has 1 saturated heterocycles. The third-order valence-corrected chi connectivity index (χ3v) is 4.89. The van der Waals surface area contributed by atoms with Gasteiger partial charge in [0.05, 0.1) is 6.20 Å². The van der Waals surface area contributed by atoms with Gasteiger partial charge in [0.2, 0.25) is 0 Å². The Labute approximate surface area is 161 Å². The number of nitrogens with zero attached hydrogens (tertiary/aromatic N) is 3. The molecule has 1 fully saturated rings.